The standard InChI is InChI=1S/C21H25N3O6S/c1-13(16-4-9-19-20(12-16)30-11-10-29-19)22-21(26)14(2)24-31(27,28)18-7-5-17(6-8-18)23-15(3)25/h4-9,12-14,24H,10-11H2,1-3H3,(H,22,26)(H,23,25)/t13-,14-/m0/s1. The number of carbonyl (C=O) groups excluding carboxylic acids is 2. The van der Waals surface area contributed by atoms with E-state index in [0.29, 0.717) is 30.4 Å². The molecule has 0 saturated carbocycles. The Bertz CT molecular complexity index is 1070. The summed E-state index contributed by atoms with van der Waals surface area (Å²) >= 11 is 0. The Hall–Kier alpha value is -3.11. The summed E-state index contributed by atoms with van der Waals surface area (Å²) in [5.41, 5.74) is 1.28. The van der Waals surface area contributed by atoms with Crippen LogP contribution in [0.1, 0.15) is 32.4 Å². The average molecular weight is 448 g/mol. The molecule has 3 N–H and O–H groups in total. The molecule has 1 aliphatic rings. The maximum absolute atomic E-state index is 12.6. The first-order valence-corrected chi connectivity index (χ1v) is 11.2. The van der Waals surface area contributed by atoms with Crippen LogP contribution in [0.4, 0.5) is 5.69 Å². The van der Waals surface area contributed by atoms with Gasteiger partial charge in [-0.3, -0.25) is 9.59 Å². The van der Waals surface area contributed by atoms with Crippen molar-refractivity contribution in [1.29, 1.82) is 0 Å². The minimum Gasteiger partial charge on any atom is -0.486 e. The highest BCUT2D eigenvalue weighted by Gasteiger charge is 2.24. The Morgan fingerprint density at radius 1 is 0.968 bits per heavy atom. The third-order valence-electron chi connectivity index (χ3n) is 4.64. The molecule has 2 atom stereocenters. The predicted octanol–water partition coefficient (Wildman–Crippen LogP) is 1.96. The Morgan fingerprint density at radius 3 is 2.26 bits per heavy atom. The van der Waals surface area contributed by atoms with E-state index in [2.05, 4.69) is 15.4 Å². The van der Waals surface area contributed by atoms with Gasteiger partial charge in [-0.1, -0.05) is 6.07 Å². The van der Waals surface area contributed by atoms with Crippen LogP contribution >= 0.6 is 0 Å². The van der Waals surface area contributed by atoms with Crippen molar-refractivity contribution in [2.75, 3.05) is 18.5 Å². The normalized spacial score (nSPS) is 14.9. The van der Waals surface area contributed by atoms with Gasteiger partial charge in [-0.2, -0.15) is 4.72 Å². The summed E-state index contributed by atoms with van der Waals surface area (Å²) < 4.78 is 38.6. The summed E-state index contributed by atoms with van der Waals surface area (Å²) in [4.78, 5) is 23.6. The minimum atomic E-state index is -3.92. The lowest BCUT2D eigenvalue weighted by molar-refractivity contribution is -0.123. The van der Waals surface area contributed by atoms with Crippen LogP contribution in [0.5, 0.6) is 11.5 Å². The van der Waals surface area contributed by atoms with E-state index in [1.165, 1.54) is 38.1 Å². The van der Waals surface area contributed by atoms with Gasteiger partial charge in [0.2, 0.25) is 21.8 Å². The molecule has 0 aliphatic carbocycles. The minimum absolute atomic E-state index is 0.0128. The fourth-order valence-electron chi connectivity index (χ4n) is 3.03. The van der Waals surface area contributed by atoms with Gasteiger partial charge in [0.25, 0.3) is 0 Å². The lowest BCUT2D eigenvalue weighted by Crippen LogP contribution is -2.45. The highest BCUT2D eigenvalue weighted by molar-refractivity contribution is 7.89. The number of benzene rings is 2. The van der Waals surface area contributed by atoms with Crippen LogP contribution in [0, 0.1) is 0 Å². The second kappa shape index (κ2) is 9.36. The van der Waals surface area contributed by atoms with Gasteiger partial charge < -0.3 is 20.1 Å². The van der Waals surface area contributed by atoms with E-state index in [9.17, 15) is 18.0 Å². The van der Waals surface area contributed by atoms with Crippen molar-refractivity contribution in [1.82, 2.24) is 10.0 Å². The predicted molar refractivity (Wildman–Crippen MR) is 115 cm³/mol. The first-order chi connectivity index (χ1) is 14.7. The van der Waals surface area contributed by atoms with Crippen LogP contribution in [-0.2, 0) is 19.6 Å². The highest BCUT2D eigenvalue weighted by Crippen LogP contribution is 2.32. The molecule has 0 bridgehead atoms. The average Bonchev–Trinajstić information content (AvgIpc) is 2.73. The molecule has 2 aromatic rings. The van der Waals surface area contributed by atoms with E-state index in [4.69, 9.17) is 9.47 Å². The summed E-state index contributed by atoms with van der Waals surface area (Å²) in [7, 11) is -3.92. The van der Waals surface area contributed by atoms with Crippen molar-refractivity contribution in [2.45, 2.75) is 37.8 Å². The number of carbonyl (C=O) groups is 2. The second-order valence-electron chi connectivity index (χ2n) is 7.18. The number of nitrogens with one attached hydrogen (secondary N) is 3. The maximum Gasteiger partial charge on any atom is 0.241 e. The molecular weight excluding hydrogens is 422 g/mol. The van der Waals surface area contributed by atoms with Crippen molar-refractivity contribution >= 4 is 27.5 Å². The Kier molecular flexibility index (Phi) is 6.81. The van der Waals surface area contributed by atoms with Crippen molar-refractivity contribution < 1.29 is 27.5 Å². The first-order valence-electron chi connectivity index (χ1n) is 9.75. The molecule has 0 saturated heterocycles. The van der Waals surface area contributed by atoms with Crippen molar-refractivity contribution in [3.63, 3.8) is 0 Å². The number of hydrogen-bond donors (Lipinski definition) is 3. The van der Waals surface area contributed by atoms with Gasteiger partial charge in [-0.15, -0.1) is 0 Å². The van der Waals surface area contributed by atoms with Crippen LogP contribution < -0.4 is 24.8 Å². The van der Waals surface area contributed by atoms with Gasteiger partial charge in [0.1, 0.15) is 13.2 Å². The number of amides is 2. The topological polar surface area (TPSA) is 123 Å². The fraction of sp³-hybridized carbons (Fsp3) is 0.333. The molecule has 0 unspecified atom stereocenters. The SMILES string of the molecule is CC(=O)Nc1ccc(S(=O)(=O)N[C@@H](C)C(=O)N[C@@H](C)c2ccc3c(c2)OCCO3)cc1. The summed E-state index contributed by atoms with van der Waals surface area (Å²) in [6.07, 6.45) is 0. The first kappa shape index (κ1) is 22.6. The third kappa shape index (κ3) is 5.74. The van der Waals surface area contributed by atoms with E-state index in [-0.39, 0.29) is 16.8 Å². The van der Waals surface area contributed by atoms with Crippen molar-refractivity contribution in [3.8, 4) is 11.5 Å². The molecule has 166 valence electrons. The molecular formula is C21H25N3O6S. The number of fused-ring (bicyclic) bond motifs is 1. The molecule has 3 rings (SSSR count). The summed E-state index contributed by atoms with van der Waals surface area (Å²) in [6.45, 7) is 5.58. The molecule has 31 heavy (non-hydrogen) atoms. The van der Waals surface area contributed by atoms with Gasteiger partial charge >= 0.3 is 0 Å². The molecule has 10 heteroatoms. The van der Waals surface area contributed by atoms with Gasteiger partial charge in [0.15, 0.2) is 11.5 Å². The van der Waals surface area contributed by atoms with Crippen LogP contribution in [0.2, 0.25) is 0 Å². The molecule has 2 aromatic carbocycles. The molecule has 1 aliphatic heterocycles. The van der Waals surface area contributed by atoms with E-state index in [1.807, 2.05) is 6.07 Å². The zero-order valence-electron chi connectivity index (χ0n) is 17.5. The van der Waals surface area contributed by atoms with Gasteiger partial charge in [0.05, 0.1) is 17.0 Å². The Balaban J connectivity index is 1.62. The second-order valence-corrected chi connectivity index (χ2v) is 8.90. The number of sulfonamides is 1. The largest absolute Gasteiger partial charge is 0.486 e. The summed E-state index contributed by atoms with van der Waals surface area (Å²) in [5, 5.41) is 5.36. The van der Waals surface area contributed by atoms with Crippen LogP contribution in [0.3, 0.4) is 0 Å². The zero-order chi connectivity index (χ0) is 22.6. The Labute approximate surface area is 181 Å². The van der Waals surface area contributed by atoms with Crippen molar-refractivity contribution in [3.05, 3.63) is 48.0 Å². The molecule has 9 nitrogen and oxygen atoms in total. The molecule has 0 fully saturated rings. The fourth-order valence-corrected chi connectivity index (χ4v) is 4.23. The van der Waals surface area contributed by atoms with Crippen LogP contribution in [0.15, 0.2) is 47.4 Å². The lowest BCUT2D eigenvalue weighted by atomic mass is 10.1. The quantitative estimate of drug-likeness (QED) is 0.596. The molecule has 1 heterocycles. The number of anilines is 1. The Morgan fingerprint density at radius 2 is 1.61 bits per heavy atom. The van der Waals surface area contributed by atoms with E-state index in [0.717, 1.165) is 5.56 Å². The number of ether oxygens (including phenoxy) is 2. The highest BCUT2D eigenvalue weighted by atomic mass is 32.2. The molecule has 0 radical (unpaired) electrons. The van der Waals surface area contributed by atoms with Crippen LogP contribution in [-0.4, -0.2) is 39.5 Å². The van der Waals surface area contributed by atoms with E-state index in [1.54, 1.807) is 19.1 Å². The van der Waals surface area contributed by atoms with Gasteiger partial charge in [-0.25, -0.2) is 8.42 Å². The van der Waals surface area contributed by atoms with Gasteiger partial charge in [0, 0.05) is 12.6 Å². The monoisotopic (exact) mass is 447 g/mol. The zero-order valence-corrected chi connectivity index (χ0v) is 18.3. The summed E-state index contributed by atoms with van der Waals surface area (Å²) in [6, 6.07) is 9.70. The van der Waals surface area contributed by atoms with Crippen molar-refractivity contribution in [2.24, 2.45) is 0 Å². The molecule has 0 spiro atoms. The number of rotatable bonds is 7. The maximum atomic E-state index is 12.6. The smallest absolute Gasteiger partial charge is 0.241 e. The molecule has 0 aromatic heterocycles. The third-order valence-corrected chi connectivity index (χ3v) is 6.19. The molecule has 2 amide bonds. The van der Waals surface area contributed by atoms with Crippen LogP contribution in [0.25, 0.3) is 0 Å². The van der Waals surface area contributed by atoms with E-state index < -0.39 is 22.0 Å². The number of hydrogen-bond acceptors (Lipinski definition) is 6. The summed E-state index contributed by atoms with van der Waals surface area (Å²) in [5.74, 6) is 0.535. The van der Waals surface area contributed by atoms with Gasteiger partial charge in [-0.05, 0) is 55.8 Å². The lowest BCUT2D eigenvalue weighted by Gasteiger charge is -2.22. The van der Waals surface area contributed by atoms with E-state index >= 15 is 0 Å².